The van der Waals surface area contributed by atoms with E-state index in [4.69, 9.17) is 5.73 Å². The molecule has 0 aliphatic rings. The standard InChI is InChI=1S/C7H13NO/c1-2-3-4-5-7(8)6-9/h2-3,6-7H,4-5,8H2,1H3/b3-2+/t7-/m0/s1. The largest absolute Gasteiger partial charge is 0.322 e. The second-order valence-electron chi connectivity index (χ2n) is 1.95. The lowest BCUT2D eigenvalue weighted by atomic mass is 10.2. The van der Waals surface area contributed by atoms with Crippen LogP contribution in [0.15, 0.2) is 12.2 Å². The molecule has 9 heavy (non-hydrogen) atoms. The van der Waals surface area contributed by atoms with Crippen molar-refractivity contribution in [2.45, 2.75) is 25.8 Å². The van der Waals surface area contributed by atoms with Crippen molar-refractivity contribution in [1.82, 2.24) is 0 Å². The van der Waals surface area contributed by atoms with E-state index in [0.29, 0.717) is 0 Å². The molecule has 0 aromatic rings. The van der Waals surface area contributed by atoms with E-state index < -0.39 is 0 Å². The van der Waals surface area contributed by atoms with Crippen LogP contribution < -0.4 is 5.73 Å². The van der Waals surface area contributed by atoms with Crippen LogP contribution in [0.5, 0.6) is 0 Å². The number of nitrogens with two attached hydrogens (primary N) is 1. The summed E-state index contributed by atoms with van der Waals surface area (Å²) in [5, 5.41) is 0. The summed E-state index contributed by atoms with van der Waals surface area (Å²) >= 11 is 0. The van der Waals surface area contributed by atoms with Gasteiger partial charge in [-0.1, -0.05) is 12.2 Å². The lowest BCUT2D eigenvalue weighted by molar-refractivity contribution is -0.109. The Kier molecular flexibility index (Phi) is 5.12. The first-order chi connectivity index (χ1) is 4.31. The van der Waals surface area contributed by atoms with E-state index in [1.54, 1.807) is 0 Å². The summed E-state index contributed by atoms with van der Waals surface area (Å²) in [5.74, 6) is 0. The molecule has 0 spiro atoms. The van der Waals surface area contributed by atoms with Gasteiger partial charge in [0, 0.05) is 0 Å². The van der Waals surface area contributed by atoms with Gasteiger partial charge >= 0.3 is 0 Å². The fourth-order valence-corrected chi connectivity index (χ4v) is 0.523. The van der Waals surface area contributed by atoms with E-state index in [0.717, 1.165) is 19.1 Å². The molecule has 0 aliphatic carbocycles. The third kappa shape index (κ3) is 5.24. The second kappa shape index (κ2) is 5.51. The average Bonchev–Trinajstić information content (AvgIpc) is 1.89. The molecular weight excluding hydrogens is 114 g/mol. The molecule has 0 aromatic carbocycles. The molecule has 0 saturated carbocycles. The molecule has 0 bridgehead atoms. The van der Waals surface area contributed by atoms with Crippen LogP contribution in [-0.2, 0) is 4.79 Å². The monoisotopic (exact) mass is 127 g/mol. The minimum atomic E-state index is -0.277. The van der Waals surface area contributed by atoms with Crippen LogP contribution >= 0.6 is 0 Å². The number of hydrogen-bond acceptors (Lipinski definition) is 2. The van der Waals surface area contributed by atoms with Crippen molar-refractivity contribution in [2.75, 3.05) is 0 Å². The van der Waals surface area contributed by atoms with Crippen LogP contribution in [0, 0.1) is 0 Å². The predicted molar refractivity (Wildman–Crippen MR) is 38.1 cm³/mol. The van der Waals surface area contributed by atoms with Crippen LogP contribution in [0.25, 0.3) is 0 Å². The highest BCUT2D eigenvalue weighted by Crippen LogP contribution is 1.92. The zero-order valence-electron chi connectivity index (χ0n) is 5.71. The zero-order chi connectivity index (χ0) is 7.11. The van der Waals surface area contributed by atoms with Crippen LogP contribution in [0.4, 0.5) is 0 Å². The topological polar surface area (TPSA) is 43.1 Å². The van der Waals surface area contributed by atoms with Crippen molar-refractivity contribution in [3.05, 3.63) is 12.2 Å². The van der Waals surface area contributed by atoms with Gasteiger partial charge in [-0.3, -0.25) is 0 Å². The molecule has 2 N–H and O–H groups in total. The average molecular weight is 127 g/mol. The fourth-order valence-electron chi connectivity index (χ4n) is 0.523. The Morgan fingerprint density at radius 3 is 2.78 bits per heavy atom. The molecule has 0 aliphatic heterocycles. The van der Waals surface area contributed by atoms with Gasteiger partial charge in [0.1, 0.15) is 6.29 Å². The van der Waals surface area contributed by atoms with Gasteiger partial charge in [-0.2, -0.15) is 0 Å². The summed E-state index contributed by atoms with van der Waals surface area (Å²) in [6.45, 7) is 1.95. The molecular formula is C7H13NO. The summed E-state index contributed by atoms with van der Waals surface area (Å²) in [6.07, 6.45) is 6.40. The van der Waals surface area contributed by atoms with Crippen molar-refractivity contribution >= 4 is 6.29 Å². The third-order valence-electron chi connectivity index (χ3n) is 1.08. The Hall–Kier alpha value is -0.630. The van der Waals surface area contributed by atoms with Gasteiger partial charge in [0.05, 0.1) is 6.04 Å². The van der Waals surface area contributed by atoms with Crippen molar-refractivity contribution in [2.24, 2.45) is 5.73 Å². The summed E-state index contributed by atoms with van der Waals surface area (Å²) in [7, 11) is 0. The van der Waals surface area contributed by atoms with Gasteiger partial charge in [0.15, 0.2) is 0 Å². The number of allylic oxidation sites excluding steroid dienone is 2. The number of carbonyl (C=O) groups is 1. The van der Waals surface area contributed by atoms with Crippen LogP contribution in [-0.4, -0.2) is 12.3 Å². The molecule has 0 amide bonds. The molecule has 0 aromatic heterocycles. The highest BCUT2D eigenvalue weighted by Gasteiger charge is 1.94. The molecule has 0 radical (unpaired) electrons. The Balaban J connectivity index is 3.16. The smallest absolute Gasteiger partial charge is 0.136 e. The van der Waals surface area contributed by atoms with Crippen LogP contribution in [0.2, 0.25) is 0 Å². The zero-order valence-corrected chi connectivity index (χ0v) is 5.71. The first kappa shape index (κ1) is 8.37. The van der Waals surface area contributed by atoms with E-state index in [1.807, 2.05) is 19.1 Å². The summed E-state index contributed by atoms with van der Waals surface area (Å²) in [6, 6.07) is -0.277. The maximum atomic E-state index is 9.95. The molecule has 0 rings (SSSR count). The van der Waals surface area contributed by atoms with E-state index in [2.05, 4.69) is 0 Å². The lowest BCUT2D eigenvalue weighted by Crippen LogP contribution is -2.20. The van der Waals surface area contributed by atoms with Crippen molar-refractivity contribution in [3.63, 3.8) is 0 Å². The second-order valence-corrected chi connectivity index (χ2v) is 1.95. The molecule has 52 valence electrons. The fraction of sp³-hybridized carbons (Fsp3) is 0.571. The molecule has 0 saturated heterocycles. The first-order valence-corrected chi connectivity index (χ1v) is 3.13. The van der Waals surface area contributed by atoms with Crippen LogP contribution in [0.3, 0.4) is 0 Å². The van der Waals surface area contributed by atoms with Gasteiger partial charge in [-0.05, 0) is 19.8 Å². The molecule has 2 nitrogen and oxygen atoms in total. The maximum Gasteiger partial charge on any atom is 0.136 e. The first-order valence-electron chi connectivity index (χ1n) is 3.13. The minimum Gasteiger partial charge on any atom is -0.322 e. The molecule has 0 unspecified atom stereocenters. The molecule has 1 atom stereocenters. The Labute approximate surface area is 55.7 Å². The van der Waals surface area contributed by atoms with E-state index in [1.165, 1.54) is 0 Å². The van der Waals surface area contributed by atoms with Gasteiger partial charge in [0.25, 0.3) is 0 Å². The van der Waals surface area contributed by atoms with Gasteiger partial charge in [-0.15, -0.1) is 0 Å². The minimum absolute atomic E-state index is 0.277. The molecule has 2 heteroatoms. The van der Waals surface area contributed by atoms with E-state index >= 15 is 0 Å². The number of hydrogen-bond donors (Lipinski definition) is 1. The highest BCUT2D eigenvalue weighted by molar-refractivity contribution is 5.56. The third-order valence-corrected chi connectivity index (χ3v) is 1.08. The van der Waals surface area contributed by atoms with Gasteiger partial charge in [0.2, 0.25) is 0 Å². The Morgan fingerprint density at radius 1 is 1.67 bits per heavy atom. The Morgan fingerprint density at radius 2 is 2.33 bits per heavy atom. The summed E-state index contributed by atoms with van der Waals surface area (Å²) < 4.78 is 0. The maximum absolute atomic E-state index is 9.95. The van der Waals surface area contributed by atoms with Crippen LogP contribution in [0.1, 0.15) is 19.8 Å². The van der Waals surface area contributed by atoms with E-state index in [-0.39, 0.29) is 6.04 Å². The predicted octanol–water partition coefficient (Wildman–Crippen LogP) is 0.869. The van der Waals surface area contributed by atoms with Crippen molar-refractivity contribution in [3.8, 4) is 0 Å². The molecule has 0 heterocycles. The number of rotatable bonds is 4. The highest BCUT2D eigenvalue weighted by atomic mass is 16.1. The van der Waals surface area contributed by atoms with Crippen molar-refractivity contribution in [1.29, 1.82) is 0 Å². The van der Waals surface area contributed by atoms with Gasteiger partial charge < -0.3 is 10.5 Å². The summed E-state index contributed by atoms with van der Waals surface area (Å²) in [4.78, 5) is 9.95. The number of aldehydes is 1. The number of carbonyl (C=O) groups excluding carboxylic acids is 1. The summed E-state index contributed by atoms with van der Waals surface area (Å²) in [5.41, 5.74) is 5.31. The van der Waals surface area contributed by atoms with Gasteiger partial charge in [-0.25, -0.2) is 0 Å². The normalized spacial score (nSPS) is 14.0. The Bertz CT molecular complexity index is 99.1. The van der Waals surface area contributed by atoms with Crippen molar-refractivity contribution < 1.29 is 4.79 Å². The lowest BCUT2D eigenvalue weighted by Gasteiger charge is -1.97. The molecule has 0 fully saturated rings. The SMILES string of the molecule is C/C=C/CC[C@H](N)C=O. The quantitative estimate of drug-likeness (QED) is 0.449. The van der Waals surface area contributed by atoms with E-state index in [9.17, 15) is 4.79 Å².